The first-order valence-electron chi connectivity index (χ1n) is 6.29. The number of aliphatic hydroxyl groups is 2. The Morgan fingerprint density at radius 2 is 1.59 bits per heavy atom. The van der Waals surface area contributed by atoms with Crippen molar-refractivity contribution in [3.8, 4) is 0 Å². The van der Waals surface area contributed by atoms with Gasteiger partial charge in [-0.15, -0.1) is 0 Å². The molecule has 1 rings (SSSR count). The zero-order valence-corrected chi connectivity index (χ0v) is 11.5. The lowest BCUT2D eigenvalue weighted by Crippen LogP contribution is -2.33. The van der Waals surface area contributed by atoms with Crippen LogP contribution < -0.4 is 16.4 Å². The van der Waals surface area contributed by atoms with E-state index in [9.17, 15) is 19.7 Å². The van der Waals surface area contributed by atoms with Crippen molar-refractivity contribution in [2.24, 2.45) is 0 Å². The van der Waals surface area contributed by atoms with Crippen LogP contribution in [-0.4, -0.2) is 53.3 Å². The highest BCUT2D eigenvalue weighted by Gasteiger charge is 2.29. The topological polar surface area (TPSA) is 168 Å². The lowest BCUT2D eigenvalue weighted by Gasteiger charge is -2.12. The Kier molecular flexibility index (Phi) is 6.23. The Bertz CT molecular complexity index is 589. The molecule has 2 amide bonds. The highest BCUT2D eigenvalue weighted by Crippen LogP contribution is 2.27. The molecule has 0 heterocycles. The third-order valence-corrected chi connectivity index (χ3v) is 2.66. The predicted molar refractivity (Wildman–Crippen MR) is 76.3 cm³/mol. The highest BCUT2D eigenvalue weighted by atomic mass is 16.6. The van der Waals surface area contributed by atoms with Crippen LogP contribution in [0.25, 0.3) is 0 Å². The largest absolute Gasteiger partial charge is 0.398 e. The average molecular weight is 312 g/mol. The number of carbonyl (C=O) groups excluding carboxylic acids is 2. The molecule has 120 valence electrons. The molecule has 0 aromatic heterocycles. The van der Waals surface area contributed by atoms with Crippen molar-refractivity contribution < 1.29 is 24.7 Å². The molecule has 6 N–H and O–H groups in total. The van der Waals surface area contributed by atoms with E-state index in [1.54, 1.807) is 0 Å². The molecule has 10 nitrogen and oxygen atoms in total. The first-order valence-corrected chi connectivity index (χ1v) is 6.29. The SMILES string of the molecule is Nc1ccc([N+](=O)[O-])c(C(=O)NCCO)c1C(=O)NCCO. The number of nitrogens with zero attached hydrogens (tertiary/aromatic N) is 1. The van der Waals surface area contributed by atoms with Crippen molar-refractivity contribution in [1.29, 1.82) is 0 Å². The number of anilines is 1. The third-order valence-electron chi connectivity index (χ3n) is 2.66. The molecule has 0 aliphatic carbocycles. The Balaban J connectivity index is 3.38. The quantitative estimate of drug-likeness (QED) is 0.235. The summed E-state index contributed by atoms with van der Waals surface area (Å²) >= 11 is 0. The molecule has 1 aromatic rings. The fraction of sp³-hybridized carbons (Fsp3) is 0.333. The molecule has 0 unspecified atom stereocenters. The number of hydrogen-bond donors (Lipinski definition) is 5. The summed E-state index contributed by atoms with van der Waals surface area (Å²) in [5.74, 6) is -1.72. The molecule has 0 saturated carbocycles. The van der Waals surface area contributed by atoms with Crippen LogP contribution in [0.2, 0.25) is 0 Å². The predicted octanol–water partition coefficient (Wildman–Crippen LogP) is -1.38. The van der Waals surface area contributed by atoms with Crippen molar-refractivity contribution in [3.63, 3.8) is 0 Å². The summed E-state index contributed by atoms with van der Waals surface area (Å²) < 4.78 is 0. The molecular formula is C12H16N4O6. The van der Waals surface area contributed by atoms with Crippen molar-refractivity contribution in [2.45, 2.75) is 0 Å². The Labute approximate surface area is 125 Å². The maximum absolute atomic E-state index is 12.1. The van der Waals surface area contributed by atoms with Crippen LogP contribution in [0.1, 0.15) is 20.7 Å². The number of nitrogens with two attached hydrogens (primary N) is 1. The van der Waals surface area contributed by atoms with Gasteiger partial charge in [0.15, 0.2) is 0 Å². The molecule has 0 fully saturated rings. The number of aliphatic hydroxyl groups excluding tert-OH is 2. The molecule has 0 spiro atoms. The van der Waals surface area contributed by atoms with Crippen LogP contribution >= 0.6 is 0 Å². The Morgan fingerprint density at radius 3 is 2.05 bits per heavy atom. The molecule has 0 radical (unpaired) electrons. The second-order valence-corrected chi connectivity index (χ2v) is 4.14. The second-order valence-electron chi connectivity index (χ2n) is 4.14. The standard InChI is InChI=1S/C12H16N4O6/c13-7-1-2-8(16(21)22)10(12(20)15-4-6-18)9(7)11(19)14-3-5-17/h1-2,17-18H,3-6,13H2,(H,14,19)(H,15,20). The summed E-state index contributed by atoms with van der Waals surface area (Å²) in [5, 5.41) is 33.0. The number of nitro groups is 1. The van der Waals surface area contributed by atoms with Crippen molar-refractivity contribution in [1.82, 2.24) is 10.6 Å². The van der Waals surface area contributed by atoms with Crippen molar-refractivity contribution >= 4 is 23.2 Å². The van der Waals surface area contributed by atoms with E-state index in [1.165, 1.54) is 0 Å². The smallest absolute Gasteiger partial charge is 0.283 e. The number of hydrogen-bond acceptors (Lipinski definition) is 7. The van der Waals surface area contributed by atoms with Gasteiger partial charge in [0.05, 0.1) is 23.7 Å². The van der Waals surface area contributed by atoms with Gasteiger partial charge >= 0.3 is 0 Å². The number of benzene rings is 1. The van der Waals surface area contributed by atoms with Gasteiger partial charge in [-0.1, -0.05) is 0 Å². The van der Waals surface area contributed by atoms with Crippen LogP contribution in [0.4, 0.5) is 11.4 Å². The number of nitro benzene ring substituents is 1. The fourth-order valence-corrected chi connectivity index (χ4v) is 1.75. The molecule has 0 aliphatic heterocycles. The number of rotatable bonds is 7. The number of carbonyl (C=O) groups is 2. The number of nitrogen functional groups attached to an aromatic ring is 1. The zero-order chi connectivity index (χ0) is 16.7. The van der Waals surface area contributed by atoms with Crippen LogP contribution in [0.5, 0.6) is 0 Å². The minimum Gasteiger partial charge on any atom is -0.398 e. The molecule has 1 aromatic carbocycles. The van der Waals surface area contributed by atoms with Gasteiger partial charge in [-0.05, 0) is 6.07 Å². The van der Waals surface area contributed by atoms with Gasteiger partial charge in [0, 0.05) is 24.8 Å². The van der Waals surface area contributed by atoms with Crippen LogP contribution in [0.15, 0.2) is 12.1 Å². The first-order chi connectivity index (χ1) is 10.4. The minimum absolute atomic E-state index is 0.0985. The Hall–Kier alpha value is -2.72. The third kappa shape index (κ3) is 3.90. The average Bonchev–Trinajstić information content (AvgIpc) is 2.49. The monoisotopic (exact) mass is 312 g/mol. The normalized spacial score (nSPS) is 10.1. The van der Waals surface area contributed by atoms with Gasteiger partial charge in [-0.2, -0.15) is 0 Å². The van der Waals surface area contributed by atoms with Crippen LogP contribution in [-0.2, 0) is 0 Å². The first kappa shape index (κ1) is 17.3. The second kappa shape index (κ2) is 7.90. The zero-order valence-electron chi connectivity index (χ0n) is 11.5. The summed E-state index contributed by atoms with van der Waals surface area (Å²) in [6, 6.07) is 2.17. The minimum atomic E-state index is -0.901. The van der Waals surface area contributed by atoms with Gasteiger partial charge in [0.25, 0.3) is 17.5 Å². The van der Waals surface area contributed by atoms with E-state index in [0.29, 0.717) is 0 Å². The van der Waals surface area contributed by atoms with Gasteiger partial charge in [-0.3, -0.25) is 19.7 Å². The van der Waals surface area contributed by atoms with Gasteiger partial charge in [0.1, 0.15) is 5.56 Å². The summed E-state index contributed by atoms with van der Waals surface area (Å²) in [6.07, 6.45) is 0. The van der Waals surface area contributed by atoms with Gasteiger partial charge in [-0.25, -0.2) is 0 Å². The van der Waals surface area contributed by atoms with Gasteiger partial charge < -0.3 is 26.6 Å². The van der Waals surface area contributed by atoms with E-state index in [0.717, 1.165) is 12.1 Å². The molecular weight excluding hydrogens is 296 g/mol. The summed E-state index contributed by atoms with van der Waals surface area (Å²) in [5.41, 5.74) is 4.11. The molecule has 0 bridgehead atoms. The molecule has 22 heavy (non-hydrogen) atoms. The molecule has 0 saturated heterocycles. The Morgan fingerprint density at radius 1 is 1.09 bits per heavy atom. The summed E-state index contributed by atoms with van der Waals surface area (Å²) in [4.78, 5) is 34.4. The summed E-state index contributed by atoms with van der Waals surface area (Å²) in [6.45, 7) is -0.943. The molecule has 0 aliphatic rings. The van der Waals surface area contributed by atoms with E-state index in [2.05, 4.69) is 10.6 Å². The van der Waals surface area contributed by atoms with Crippen molar-refractivity contribution in [3.05, 3.63) is 33.4 Å². The maximum atomic E-state index is 12.1. The van der Waals surface area contributed by atoms with Crippen molar-refractivity contribution in [2.75, 3.05) is 32.0 Å². The van der Waals surface area contributed by atoms with E-state index in [4.69, 9.17) is 15.9 Å². The molecule has 0 atom stereocenters. The highest BCUT2D eigenvalue weighted by molar-refractivity contribution is 6.12. The van der Waals surface area contributed by atoms with Crippen LogP contribution in [0.3, 0.4) is 0 Å². The van der Waals surface area contributed by atoms with E-state index >= 15 is 0 Å². The van der Waals surface area contributed by atoms with E-state index < -0.39 is 28.0 Å². The van der Waals surface area contributed by atoms with Crippen LogP contribution in [0, 0.1) is 10.1 Å². The maximum Gasteiger partial charge on any atom is 0.283 e. The fourth-order valence-electron chi connectivity index (χ4n) is 1.75. The lowest BCUT2D eigenvalue weighted by molar-refractivity contribution is -0.385. The van der Waals surface area contributed by atoms with E-state index in [1.807, 2.05) is 0 Å². The number of amides is 2. The van der Waals surface area contributed by atoms with Gasteiger partial charge in [0.2, 0.25) is 0 Å². The lowest BCUT2D eigenvalue weighted by atomic mass is 10.0. The molecule has 10 heteroatoms. The summed E-state index contributed by atoms with van der Waals surface area (Å²) in [7, 11) is 0. The number of nitrogens with one attached hydrogen (secondary N) is 2. The van der Waals surface area contributed by atoms with E-state index in [-0.39, 0.29) is 37.6 Å².